The predicted octanol–water partition coefficient (Wildman–Crippen LogP) is 2.93. The van der Waals surface area contributed by atoms with Crippen molar-refractivity contribution in [3.63, 3.8) is 0 Å². The van der Waals surface area contributed by atoms with Gasteiger partial charge in [0.2, 0.25) is 0 Å². The molecule has 0 heterocycles. The van der Waals surface area contributed by atoms with Crippen LogP contribution in [0.1, 0.15) is 40.5 Å². The van der Waals surface area contributed by atoms with Gasteiger partial charge >= 0.3 is 5.97 Å². The molecule has 0 amide bonds. The predicted molar refractivity (Wildman–Crippen MR) is 54.4 cm³/mol. The largest absolute Gasteiger partial charge is 0.462 e. The van der Waals surface area contributed by atoms with Crippen LogP contribution in [0.2, 0.25) is 0 Å². The van der Waals surface area contributed by atoms with Crippen molar-refractivity contribution in [1.82, 2.24) is 0 Å². The minimum atomic E-state index is -0.133. The second-order valence-corrected chi connectivity index (χ2v) is 3.52. The Labute approximate surface area is 81.0 Å². The fourth-order valence-corrected chi connectivity index (χ4v) is 0.738. The number of esters is 1. The maximum Gasteiger partial charge on any atom is 0.309 e. The zero-order valence-corrected chi connectivity index (χ0v) is 9.04. The molecular formula is C11H20O2. The van der Waals surface area contributed by atoms with Crippen molar-refractivity contribution in [1.29, 1.82) is 0 Å². The van der Waals surface area contributed by atoms with Crippen LogP contribution in [0.15, 0.2) is 12.2 Å². The fraction of sp³-hybridized carbons (Fsp3) is 0.727. The Morgan fingerprint density at radius 3 is 2.38 bits per heavy atom. The summed E-state index contributed by atoms with van der Waals surface area (Å²) in [6.07, 6.45) is 5.21. The summed E-state index contributed by atoms with van der Waals surface area (Å²) in [6, 6.07) is 0. The summed E-state index contributed by atoms with van der Waals surface area (Å²) in [7, 11) is 0. The van der Waals surface area contributed by atoms with Crippen molar-refractivity contribution < 1.29 is 9.53 Å². The molecule has 0 aromatic rings. The minimum Gasteiger partial charge on any atom is -0.462 e. The first-order chi connectivity index (χ1) is 6.07. The standard InChI is InChI=1S/C11H20O2/c1-5-6-7-8-11(12)13-10(4)9(2)3/h6-7,9-10H,5,8H2,1-4H3/b7-6-. The van der Waals surface area contributed by atoms with Crippen LogP contribution in [0.25, 0.3) is 0 Å². The molecule has 0 radical (unpaired) electrons. The summed E-state index contributed by atoms with van der Waals surface area (Å²) in [5.74, 6) is 0.255. The Bertz CT molecular complexity index is 171. The van der Waals surface area contributed by atoms with Crippen LogP contribution in [0.3, 0.4) is 0 Å². The number of carbonyl (C=O) groups excluding carboxylic acids is 1. The Balaban J connectivity index is 3.68. The lowest BCUT2D eigenvalue weighted by atomic mass is 10.1. The molecule has 0 fully saturated rings. The van der Waals surface area contributed by atoms with Crippen LogP contribution < -0.4 is 0 Å². The summed E-state index contributed by atoms with van der Waals surface area (Å²) >= 11 is 0. The Kier molecular flexibility index (Phi) is 6.29. The van der Waals surface area contributed by atoms with Gasteiger partial charge in [0.15, 0.2) is 0 Å². The Morgan fingerprint density at radius 1 is 1.31 bits per heavy atom. The van der Waals surface area contributed by atoms with Gasteiger partial charge in [-0.15, -0.1) is 0 Å². The SMILES string of the molecule is CC/C=C\CC(=O)OC(C)C(C)C. The van der Waals surface area contributed by atoms with Crippen LogP contribution >= 0.6 is 0 Å². The third kappa shape index (κ3) is 6.38. The third-order valence-electron chi connectivity index (χ3n) is 1.94. The van der Waals surface area contributed by atoms with Gasteiger partial charge in [0.05, 0.1) is 6.42 Å². The Hall–Kier alpha value is -0.790. The average Bonchev–Trinajstić information content (AvgIpc) is 2.04. The Morgan fingerprint density at radius 2 is 1.92 bits per heavy atom. The number of hydrogen-bond donors (Lipinski definition) is 0. The monoisotopic (exact) mass is 184 g/mol. The van der Waals surface area contributed by atoms with Gasteiger partial charge in [0, 0.05) is 0 Å². The average molecular weight is 184 g/mol. The first-order valence-corrected chi connectivity index (χ1v) is 4.92. The number of hydrogen-bond acceptors (Lipinski definition) is 2. The molecule has 1 unspecified atom stereocenters. The van der Waals surface area contributed by atoms with E-state index in [1.54, 1.807) is 0 Å². The van der Waals surface area contributed by atoms with Gasteiger partial charge in [-0.25, -0.2) is 0 Å². The smallest absolute Gasteiger partial charge is 0.309 e. The van der Waals surface area contributed by atoms with Crippen LogP contribution in [-0.4, -0.2) is 12.1 Å². The maximum absolute atomic E-state index is 11.2. The molecule has 1 atom stereocenters. The molecule has 13 heavy (non-hydrogen) atoms. The van der Waals surface area contributed by atoms with Gasteiger partial charge in [0.25, 0.3) is 0 Å². The topological polar surface area (TPSA) is 26.3 Å². The van der Waals surface area contributed by atoms with E-state index in [1.165, 1.54) is 0 Å². The van der Waals surface area contributed by atoms with Gasteiger partial charge in [-0.2, -0.15) is 0 Å². The highest BCUT2D eigenvalue weighted by molar-refractivity contribution is 5.71. The van der Waals surface area contributed by atoms with Crippen molar-refractivity contribution in [3.05, 3.63) is 12.2 Å². The van der Waals surface area contributed by atoms with Gasteiger partial charge < -0.3 is 4.74 Å². The quantitative estimate of drug-likeness (QED) is 0.485. The lowest BCUT2D eigenvalue weighted by molar-refractivity contribution is -0.149. The highest BCUT2D eigenvalue weighted by Crippen LogP contribution is 2.06. The van der Waals surface area contributed by atoms with Crippen molar-refractivity contribution >= 4 is 5.97 Å². The van der Waals surface area contributed by atoms with E-state index in [2.05, 4.69) is 0 Å². The zero-order valence-electron chi connectivity index (χ0n) is 9.04. The number of rotatable bonds is 5. The highest BCUT2D eigenvalue weighted by Gasteiger charge is 2.11. The molecule has 2 heteroatoms. The molecule has 0 bridgehead atoms. The van der Waals surface area contributed by atoms with E-state index in [-0.39, 0.29) is 12.1 Å². The minimum absolute atomic E-state index is 0.0162. The lowest BCUT2D eigenvalue weighted by Crippen LogP contribution is -2.19. The normalized spacial score (nSPS) is 13.6. The fourth-order valence-electron chi connectivity index (χ4n) is 0.738. The molecule has 0 aliphatic carbocycles. The molecule has 0 saturated carbocycles. The van der Waals surface area contributed by atoms with Crippen molar-refractivity contribution in [2.75, 3.05) is 0 Å². The van der Waals surface area contributed by atoms with Crippen LogP contribution in [0.5, 0.6) is 0 Å². The summed E-state index contributed by atoms with van der Waals surface area (Å²) in [6.45, 7) is 8.05. The molecule has 2 nitrogen and oxygen atoms in total. The molecule has 0 rings (SSSR count). The van der Waals surface area contributed by atoms with Gasteiger partial charge in [-0.1, -0.05) is 32.9 Å². The lowest BCUT2D eigenvalue weighted by Gasteiger charge is -2.15. The van der Waals surface area contributed by atoms with E-state index in [0.717, 1.165) is 6.42 Å². The van der Waals surface area contributed by atoms with E-state index in [9.17, 15) is 4.79 Å². The van der Waals surface area contributed by atoms with E-state index in [0.29, 0.717) is 12.3 Å². The molecule has 0 aliphatic heterocycles. The van der Waals surface area contributed by atoms with E-state index in [1.807, 2.05) is 39.8 Å². The first kappa shape index (κ1) is 12.2. The molecule has 76 valence electrons. The van der Waals surface area contributed by atoms with Crippen molar-refractivity contribution in [2.45, 2.75) is 46.6 Å². The van der Waals surface area contributed by atoms with Gasteiger partial charge in [-0.3, -0.25) is 4.79 Å². The molecule has 0 aromatic carbocycles. The summed E-state index contributed by atoms with van der Waals surface area (Å²) in [4.78, 5) is 11.2. The number of ether oxygens (including phenoxy) is 1. The number of carbonyl (C=O) groups is 1. The molecule has 0 spiro atoms. The molecule has 0 aliphatic rings. The van der Waals surface area contributed by atoms with E-state index < -0.39 is 0 Å². The van der Waals surface area contributed by atoms with Gasteiger partial charge in [0.1, 0.15) is 6.10 Å². The molecular weight excluding hydrogens is 164 g/mol. The van der Waals surface area contributed by atoms with Crippen LogP contribution in [0, 0.1) is 5.92 Å². The highest BCUT2D eigenvalue weighted by atomic mass is 16.5. The van der Waals surface area contributed by atoms with E-state index >= 15 is 0 Å². The van der Waals surface area contributed by atoms with Crippen molar-refractivity contribution in [3.8, 4) is 0 Å². The summed E-state index contributed by atoms with van der Waals surface area (Å²) in [5, 5.41) is 0. The second kappa shape index (κ2) is 6.70. The molecule has 0 N–H and O–H groups in total. The maximum atomic E-state index is 11.2. The molecule has 0 aromatic heterocycles. The summed E-state index contributed by atoms with van der Waals surface area (Å²) in [5.41, 5.74) is 0. The van der Waals surface area contributed by atoms with Crippen LogP contribution in [0.4, 0.5) is 0 Å². The zero-order chi connectivity index (χ0) is 10.3. The number of allylic oxidation sites excluding steroid dienone is 1. The second-order valence-electron chi connectivity index (χ2n) is 3.52. The van der Waals surface area contributed by atoms with Gasteiger partial charge in [-0.05, 0) is 19.3 Å². The first-order valence-electron chi connectivity index (χ1n) is 4.92. The summed E-state index contributed by atoms with van der Waals surface area (Å²) < 4.78 is 5.17. The van der Waals surface area contributed by atoms with Crippen molar-refractivity contribution in [2.24, 2.45) is 5.92 Å². The molecule has 0 saturated heterocycles. The van der Waals surface area contributed by atoms with Crippen LogP contribution in [-0.2, 0) is 9.53 Å². The third-order valence-corrected chi connectivity index (χ3v) is 1.94. The van der Waals surface area contributed by atoms with E-state index in [4.69, 9.17) is 4.74 Å².